The van der Waals surface area contributed by atoms with E-state index in [0.29, 0.717) is 56.9 Å². The molecule has 1 amide bonds. The van der Waals surface area contributed by atoms with Gasteiger partial charge in [-0.25, -0.2) is 13.1 Å². The van der Waals surface area contributed by atoms with Crippen molar-refractivity contribution in [1.82, 2.24) is 4.72 Å². The molecule has 2 aliphatic heterocycles. The van der Waals surface area contributed by atoms with Crippen LogP contribution >= 0.6 is 11.6 Å². The van der Waals surface area contributed by atoms with Gasteiger partial charge in [0.25, 0.3) is 5.91 Å². The molecule has 0 saturated heterocycles. The summed E-state index contributed by atoms with van der Waals surface area (Å²) in [6.07, 6.45) is 8.67. The molecule has 7 atom stereocenters. The second-order valence-electron chi connectivity index (χ2n) is 14.4. The summed E-state index contributed by atoms with van der Waals surface area (Å²) in [4.78, 5) is 15.8. The summed E-state index contributed by atoms with van der Waals surface area (Å²) in [5.41, 5.74) is 2.22. The number of nitrogens with one attached hydrogen (secondary N) is 1. The van der Waals surface area contributed by atoms with Crippen LogP contribution in [0.1, 0.15) is 86.7 Å². The number of benzene rings is 2. The molecule has 2 aromatic carbocycles. The van der Waals surface area contributed by atoms with Crippen LogP contribution in [-0.2, 0) is 33.0 Å². The van der Waals surface area contributed by atoms with Crippen molar-refractivity contribution >= 4 is 44.4 Å². The lowest BCUT2D eigenvalue weighted by Crippen LogP contribution is -2.53. The maximum atomic E-state index is 13.5. The number of anilines is 1. The number of nitrogens with zero attached hydrogens (tertiary/aromatic N) is 1. The Morgan fingerprint density at radius 3 is 2.67 bits per heavy atom. The lowest BCUT2D eigenvalue weighted by Gasteiger charge is -2.50. The number of amides is 1. The molecule has 2 N–H and O–H groups in total. The summed E-state index contributed by atoms with van der Waals surface area (Å²) in [6, 6.07) is 11.3. The number of ether oxygens (including phenoxy) is 1. The van der Waals surface area contributed by atoms with E-state index in [2.05, 4.69) is 21.8 Å². The summed E-state index contributed by atoms with van der Waals surface area (Å²) < 4.78 is 47.8. The summed E-state index contributed by atoms with van der Waals surface area (Å²) in [6.45, 7) is 5.32. The first kappa shape index (κ1) is 33.9. The Morgan fingerprint density at radius 2 is 1.93 bits per heavy atom. The lowest BCUT2D eigenvalue weighted by atomic mass is 9.62. The van der Waals surface area contributed by atoms with Crippen LogP contribution < -0.4 is 14.4 Å². The highest BCUT2D eigenvalue weighted by Crippen LogP contribution is 2.49. The van der Waals surface area contributed by atoms with Gasteiger partial charge in [0, 0.05) is 35.5 Å². The van der Waals surface area contributed by atoms with Gasteiger partial charge in [-0.1, -0.05) is 42.2 Å². The topological polar surface area (TPSA) is 119 Å². The number of aryl methyl sites for hydroxylation is 1. The molecule has 46 heavy (non-hydrogen) atoms. The number of aliphatic hydroxyl groups is 1. The van der Waals surface area contributed by atoms with Gasteiger partial charge in [-0.3, -0.25) is 4.79 Å². The Morgan fingerprint density at radius 1 is 1.13 bits per heavy atom. The summed E-state index contributed by atoms with van der Waals surface area (Å²) >= 11 is 5.39. The fourth-order valence-electron chi connectivity index (χ4n) is 8.40. The van der Waals surface area contributed by atoms with Crippen LogP contribution in [0.3, 0.4) is 0 Å². The monoisotopic (exact) mass is 690 g/mol. The van der Waals surface area contributed by atoms with E-state index in [9.17, 15) is 22.9 Å². The highest BCUT2D eigenvalue weighted by atomic mass is 35.5. The number of carbonyl (C=O) groups is 1. The van der Waals surface area contributed by atoms with Crippen molar-refractivity contribution in [2.75, 3.05) is 36.6 Å². The fourth-order valence-corrected chi connectivity index (χ4v) is 10.5. The SMILES string of the molecule is C[C@@H]1[C@@H](C)CCC[C@](O)(CC[S@@+](C)[O-])[C@@H]2CC[C@H]2CN2C[C@@]3(CCCc4cc(Cl)ccc43)COc3ccc(cc32)C(=O)NS1(=O)=O. The highest BCUT2D eigenvalue weighted by molar-refractivity contribution is 7.90. The van der Waals surface area contributed by atoms with Gasteiger partial charge in [-0.05, 0) is 111 Å². The van der Waals surface area contributed by atoms with E-state index in [4.69, 9.17) is 16.3 Å². The number of hydrogen-bond donors (Lipinski definition) is 2. The molecule has 2 heterocycles. The van der Waals surface area contributed by atoms with Crippen LogP contribution in [0.25, 0.3) is 0 Å². The normalized spacial score (nSPS) is 33.4. The van der Waals surface area contributed by atoms with E-state index in [1.807, 2.05) is 13.0 Å². The van der Waals surface area contributed by atoms with Crippen LogP contribution in [0.4, 0.5) is 5.69 Å². The van der Waals surface area contributed by atoms with E-state index in [0.717, 1.165) is 42.8 Å². The third-order valence-electron chi connectivity index (χ3n) is 11.5. The predicted molar refractivity (Wildman–Crippen MR) is 184 cm³/mol. The zero-order chi connectivity index (χ0) is 32.9. The molecule has 2 aromatic rings. The fraction of sp³-hybridized carbons (Fsp3) is 0.629. The number of fused-ring (bicyclic) bond motifs is 4. The van der Waals surface area contributed by atoms with Crippen molar-refractivity contribution in [3.63, 3.8) is 0 Å². The van der Waals surface area contributed by atoms with Crippen molar-refractivity contribution in [3.8, 4) is 5.75 Å². The Kier molecular flexibility index (Phi) is 9.69. The molecule has 252 valence electrons. The number of hydrogen-bond acceptors (Lipinski definition) is 7. The van der Waals surface area contributed by atoms with Crippen molar-refractivity contribution in [2.24, 2.45) is 17.8 Å². The maximum Gasteiger partial charge on any atom is 0.264 e. The average molecular weight is 691 g/mol. The third-order valence-corrected chi connectivity index (χ3v) is 14.4. The zero-order valence-corrected chi connectivity index (χ0v) is 29.5. The molecule has 2 aliphatic carbocycles. The van der Waals surface area contributed by atoms with Crippen LogP contribution in [0.15, 0.2) is 36.4 Å². The minimum Gasteiger partial charge on any atom is -0.617 e. The molecule has 1 fully saturated rings. The highest BCUT2D eigenvalue weighted by Gasteiger charge is 2.49. The minimum absolute atomic E-state index is 0.0351. The van der Waals surface area contributed by atoms with Crippen LogP contribution in [0, 0.1) is 17.8 Å². The Labute approximate surface area is 281 Å². The Bertz CT molecular complexity index is 1570. The molecular weight excluding hydrogens is 644 g/mol. The van der Waals surface area contributed by atoms with Crippen molar-refractivity contribution in [3.05, 3.63) is 58.1 Å². The van der Waals surface area contributed by atoms with Gasteiger partial charge < -0.3 is 19.3 Å². The first-order chi connectivity index (χ1) is 21.8. The lowest BCUT2D eigenvalue weighted by molar-refractivity contribution is -0.0903. The first-order valence-electron chi connectivity index (χ1n) is 16.7. The van der Waals surface area contributed by atoms with Crippen LogP contribution in [0.2, 0.25) is 5.02 Å². The maximum absolute atomic E-state index is 13.5. The second-order valence-corrected chi connectivity index (χ2v) is 18.4. The van der Waals surface area contributed by atoms with Gasteiger partial charge in [0.1, 0.15) is 11.5 Å². The molecule has 0 unspecified atom stereocenters. The van der Waals surface area contributed by atoms with Crippen molar-refractivity contribution in [1.29, 1.82) is 0 Å². The minimum atomic E-state index is -3.95. The second kappa shape index (κ2) is 13.1. The summed E-state index contributed by atoms with van der Waals surface area (Å²) in [5.74, 6) is 0.460. The number of sulfonamides is 1. The number of rotatable bonds is 3. The zero-order valence-electron chi connectivity index (χ0n) is 27.1. The van der Waals surface area contributed by atoms with Gasteiger partial charge in [-0.2, -0.15) is 0 Å². The van der Waals surface area contributed by atoms with Crippen molar-refractivity contribution in [2.45, 2.75) is 87.9 Å². The van der Waals surface area contributed by atoms with Gasteiger partial charge in [0.15, 0.2) is 0 Å². The van der Waals surface area contributed by atoms with Gasteiger partial charge in [0.05, 0.1) is 29.4 Å². The molecule has 1 saturated carbocycles. The molecule has 0 radical (unpaired) electrons. The molecule has 6 rings (SSSR count). The van der Waals surface area contributed by atoms with E-state index in [-0.39, 0.29) is 28.7 Å². The Balaban J connectivity index is 1.43. The number of halogens is 1. The molecule has 11 heteroatoms. The van der Waals surface area contributed by atoms with Crippen LogP contribution in [-0.4, -0.2) is 66.5 Å². The molecule has 2 bridgehead atoms. The molecule has 0 aromatic heterocycles. The quantitative estimate of drug-likeness (QED) is 0.402. The third kappa shape index (κ3) is 6.66. The van der Waals surface area contributed by atoms with E-state index in [1.54, 1.807) is 31.4 Å². The van der Waals surface area contributed by atoms with E-state index >= 15 is 0 Å². The summed E-state index contributed by atoms with van der Waals surface area (Å²) in [5, 5.41) is 12.2. The van der Waals surface area contributed by atoms with Gasteiger partial charge >= 0.3 is 0 Å². The van der Waals surface area contributed by atoms with Gasteiger partial charge in [0.2, 0.25) is 10.0 Å². The molecule has 8 nitrogen and oxygen atoms in total. The first-order valence-corrected chi connectivity index (χ1v) is 20.3. The molecular formula is C35H47ClN2O6S2. The van der Waals surface area contributed by atoms with Crippen LogP contribution in [0.5, 0.6) is 5.75 Å². The van der Waals surface area contributed by atoms with E-state index < -0.39 is 38.0 Å². The number of carbonyl (C=O) groups excluding carboxylic acids is 1. The van der Waals surface area contributed by atoms with E-state index in [1.165, 1.54) is 11.1 Å². The predicted octanol–water partition coefficient (Wildman–Crippen LogP) is 5.61. The average Bonchev–Trinajstić information content (AvgIpc) is 3.14. The standard InChI is InChI=1S/C35H47ClN2O6S2/c1-23-6-4-15-35(40,16-17-45(3)41)30-11-8-27(30)20-38-21-34(14-5-7-25-18-28(36)10-12-29(25)34)22-44-32-13-9-26(19-31(32)38)33(39)37-46(42,43)24(23)2/h9-10,12-13,18-19,23-24,27,30,40H,4-8,11,14-17,20-22H2,1-3H3,(H,37,39)/t23-,24+,27-,30+,34-,35-,45+/m0/s1. The summed E-state index contributed by atoms with van der Waals surface area (Å²) in [7, 11) is -3.95. The van der Waals surface area contributed by atoms with Crippen molar-refractivity contribution < 1.29 is 27.6 Å². The smallest absolute Gasteiger partial charge is 0.264 e. The van der Waals surface area contributed by atoms with Gasteiger partial charge in [-0.15, -0.1) is 0 Å². The molecule has 1 spiro atoms. The Hall–Kier alpha value is -1.98. The largest absolute Gasteiger partial charge is 0.617 e. The molecule has 4 aliphatic rings.